The van der Waals surface area contributed by atoms with Crippen LogP contribution in [0.1, 0.15) is 32.4 Å². The average molecular weight is 239 g/mol. The van der Waals surface area contributed by atoms with Gasteiger partial charge in [-0.3, -0.25) is 4.68 Å². The van der Waals surface area contributed by atoms with Crippen LogP contribution in [0, 0.1) is 0 Å². The summed E-state index contributed by atoms with van der Waals surface area (Å²) in [5, 5.41) is 7.59. The molecule has 1 N–H and O–H groups in total. The molecule has 0 fully saturated rings. The molecule has 0 saturated carbocycles. The van der Waals surface area contributed by atoms with Crippen molar-refractivity contribution in [2.75, 3.05) is 19.7 Å². The second kappa shape index (κ2) is 8.25. The molecule has 0 aliphatic rings. The molecule has 0 saturated heterocycles. The second-order valence-electron chi connectivity index (χ2n) is 4.57. The molecule has 0 aliphatic heterocycles. The van der Waals surface area contributed by atoms with Gasteiger partial charge in [-0.1, -0.05) is 0 Å². The van der Waals surface area contributed by atoms with Gasteiger partial charge in [-0.15, -0.1) is 0 Å². The maximum Gasteiger partial charge on any atom is 0.0518 e. The maximum absolute atomic E-state index is 5.48. The third kappa shape index (κ3) is 6.44. The third-order valence-electron chi connectivity index (χ3n) is 2.68. The summed E-state index contributed by atoms with van der Waals surface area (Å²) in [6, 6.07) is 2.07. The zero-order valence-corrected chi connectivity index (χ0v) is 11.3. The Bertz CT molecular complexity index is 297. The topological polar surface area (TPSA) is 39.1 Å². The fraction of sp³-hybridized carbons (Fsp3) is 0.769. The lowest BCUT2D eigenvalue weighted by molar-refractivity contribution is 0.0760. The van der Waals surface area contributed by atoms with Gasteiger partial charge in [-0.25, -0.2) is 0 Å². The van der Waals surface area contributed by atoms with Crippen LogP contribution >= 0.6 is 0 Å². The number of nitrogens with zero attached hydrogens (tertiary/aromatic N) is 2. The molecule has 0 spiro atoms. The Hall–Kier alpha value is -0.870. The van der Waals surface area contributed by atoms with Crippen molar-refractivity contribution < 1.29 is 4.74 Å². The Kier molecular flexibility index (Phi) is 6.89. The van der Waals surface area contributed by atoms with E-state index in [0.717, 1.165) is 32.5 Å². The minimum atomic E-state index is 0.354. The van der Waals surface area contributed by atoms with Crippen molar-refractivity contribution in [3.63, 3.8) is 0 Å². The van der Waals surface area contributed by atoms with E-state index in [1.165, 1.54) is 12.1 Å². The molecule has 0 aromatic carbocycles. The smallest absolute Gasteiger partial charge is 0.0518 e. The van der Waals surface area contributed by atoms with Crippen molar-refractivity contribution in [1.29, 1.82) is 0 Å². The molecule has 0 bridgehead atoms. The van der Waals surface area contributed by atoms with Crippen LogP contribution in [0.15, 0.2) is 12.3 Å². The summed E-state index contributed by atoms with van der Waals surface area (Å²) in [7, 11) is 1.98. The lowest BCUT2D eigenvalue weighted by Crippen LogP contribution is -2.20. The molecular weight excluding hydrogens is 214 g/mol. The first-order valence-electron chi connectivity index (χ1n) is 6.49. The fourth-order valence-corrected chi connectivity index (χ4v) is 1.66. The van der Waals surface area contributed by atoms with Gasteiger partial charge in [0.25, 0.3) is 0 Å². The molecule has 0 radical (unpaired) electrons. The number of hydrogen-bond donors (Lipinski definition) is 1. The van der Waals surface area contributed by atoms with Crippen LogP contribution in [-0.4, -0.2) is 35.6 Å². The largest absolute Gasteiger partial charge is 0.379 e. The van der Waals surface area contributed by atoms with Gasteiger partial charge in [0.1, 0.15) is 0 Å². The van der Waals surface area contributed by atoms with Crippen LogP contribution in [0.25, 0.3) is 0 Å². The molecule has 1 aromatic rings. The van der Waals surface area contributed by atoms with Gasteiger partial charge in [0.2, 0.25) is 0 Å². The van der Waals surface area contributed by atoms with Crippen LogP contribution in [0.5, 0.6) is 0 Å². The molecule has 0 unspecified atom stereocenters. The lowest BCUT2D eigenvalue weighted by atomic mass is 10.3. The van der Waals surface area contributed by atoms with E-state index in [4.69, 9.17) is 4.74 Å². The van der Waals surface area contributed by atoms with Crippen molar-refractivity contribution in [3.8, 4) is 0 Å². The van der Waals surface area contributed by atoms with Gasteiger partial charge >= 0.3 is 0 Å². The van der Waals surface area contributed by atoms with Gasteiger partial charge in [-0.05, 0) is 39.3 Å². The molecule has 1 heterocycles. The van der Waals surface area contributed by atoms with Crippen molar-refractivity contribution in [2.24, 2.45) is 7.05 Å². The zero-order valence-electron chi connectivity index (χ0n) is 11.3. The van der Waals surface area contributed by atoms with E-state index < -0.39 is 0 Å². The Labute approximate surface area is 104 Å². The van der Waals surface area contributed by atoms with E-state index in [0.29, 0.717) is 6.10 Å². The van der Waals surface area contributed by atoms with Crippen LogP contribution in [0.2, 0.25) is 0 Å². The first-order valence-corrected chi connectivity index (χ1v) is 6.49. The van der Waals surface area contributed by atoms with E-state index in [2.05, 4.69) is 30.3 Å². The summed E-state index contributed by atoms with van der Waals surface area (Å²) >= 11 is 0. The summed E-state index contributed by atoms with van der Waals surface area (Å²) in [6.07, 6.45) is 5.56. The number of nitrogens with one attached hydrogen (secondary N) is 1. The number of aromatic nitrogens is 2. The van der Waals surface area contributed by atoms with E-state index in [1.807, 2.05) is 17.9 Å². The summed E-state index contributed by atoms with van der Waals surface area (Å²) in [4.78, 5) is 0. The van der Waals surface area contributed by atoms with Crippen LogP contribution < -0.4 is 5.32 Å². The Morgan fingerprint density at radius 1 is 1.35 bits per heavy atom. The second-order valence-corrected chi connectivity index (χ2v) is 4.57. The summed E-state index contributed by atoms with van der Waals surface area (Å²) in [5.74, 6) is 0. The number of ether oxygens (including phenoxy) is 1. The molecule has 0 aliphatic carbocycles. The van der Waals surface area contributed by atoms with E-state index >= 15 is 0 Å². The lowest BCUT2D eigenvalue weighted by Gasteiger charge is -2.08. The number of hydrogen-bond acceptors (Lipinski definition) is 3. The first kappa shape index (κ1) is 14.2. The molecule has 17 heavy (non-hydrogen) atoms. The molecule has 0 amide bonds. The highest BCUT2D eigenvalue weighted by Crippen LogP contribution is 1.96. The van der Waals surface area contributed by atoms with Crippen molar-refractivity contribution in [3.05, 3.63) is 18.0 Å². The maximum atomic E-state index is 5.48. The van der Waals surface area contributed by atoms with Crippen LogP contribution in [0.4, 0.5) is 0 Å². The predicted octanol–water partition coefficient (Wildman–Crippen LogP) is 1.76. The van der Waals surface area contributed by atoms with Crippen LogP contribution in [-0.2, 0) is 18.2 Å². The van der Waals surface area contributed by atoms with Gasteiger partial charge < -0.3 is 10.1 Å². The SMILES string of the molecule is CC(C)OCCCCNCCc1ccnn1C. The van der Waals surface area contributed by atoms with Crippen molar-refractivity contribution >= 4 is 0 Å². The normalized spacial score (nSPS) is 11.3. The number of unbranched alkanes of at least 4 members (excludes halogenated alkanes) is 1. The molecule has 1 aromatic heterocycles. The quantitative estimate of drug-likeness (QED) is 0.667. The van der Waals surface area contributed by atoms with Gasteiger partial charge in [0.15, 0.2) is 0 Å². The van der Waals surface area contributed by atoms with Crippen molar-refractivity contribution in [1.82, 2.24) is 15.1 Å². The summed E-state index contributed by atoms with van der Waals surface area (Å²) in [6.45, 7) is 7.11. The molecule has 1 rings (SSSR count). The number of aryl methyl sites for hydroxylation is 1. The zero-order chi connectivity index (χ0) is 12.5. The first-order chi connectivity index (χ1) is 8.20. The van der Waals surface area contributed by atoms with Crippen LogP contribution in [0.3, 0.4) is 0 Å². The van der Waals surface area contributed by atoms with E-state index in [-0.39, 0.29) is 0 Å². The molecule has 4 nitrogen and oxygen atoms in total. The third-order valence-corrected chi connectivity index (χ3v) is 2.68. The highest BCUT2D eigenvalue weighted by Gasteiger charge is 1.97. The van der Waals surface area contributed by atoms with E-state index in [1.54, 1.807) is 0 Å². The summed E-state index contributed by atoms with van der Waals surface area (Å²) < 4.78 is 7.41. The Balaban J connectivity index is 1.90. The predicted molar refractivity (Wildman–Crippen MR) is 70.1 cm³/mol. The van der Waals surface area contributed by atoms with Gasteiger partial charge in [-0.2, -0.15) is 5.10 Å². The minimum Gasteiger partial charge on any atom is -0.379 e. The van der Waals surface area contributed by atoms with Gasteiger partial charge in [0.05, 0.1) is 6.10 Å². The molecule has 0 atom stereocenters. The highest BCUT2D eigenvalue weighted by atomic mass is 16.5. The van der Waals surface area contributed by atoms with Crippen molar-refractivity contribution in [2.45, 2.75) is 39.2 Å². The number of rotatable bonds is 9. The molecule has 98 valence electrons. The Morgan fingerprint density at radius 2 is 2.18 bits per heavy atom. The molecule has 4 heteroatoms. The summed E-state index contributed by atoms with van der Waals surface area (Å²) in [5.41, 5.74) is 1.28. The highest BCUT2D eigenvalue weighted by molar-refractivity contribution is 5.00. The standard InChI is InChI=1S/C13H25N3O/c1-12(2)17-11-5-4-8-14-9-6-13-7-10-15-16(13)3/h7,10,12,14H,4-6,8-9,11H2,1-3H3. The minimum absolute atomic E-state index is 0.354. The fourth-order valence-electron chi connectivity index (χ4n) is 1.66. The Morgan fingerprint density at radius 3 is 2.82 bits per heavy atom. The van der Waals surface area contributed by atoms with E-state index in [9.17, 15) is 0 Å². The molecular formula is C13H25N3O. The average Bonchev–Trinajstić information content (AvgIpc) is 2.68. The van der Waals surface area contributed by atoms with Gasteiger partial charge in [0, 0.05) is 38.5 Å². The monoisotopic (exact) mass is 239 g/mol.